The molecule has 0 radical (unpaired) electrons. The fourth-order valence-electron chi connectivity index (χ4n) is 6.25. The van der Waals surface area contributed by atoms with Crippen LogP contribution in [0.2, 0.25) is 0 Å². The predicted octanol–water partition coefficient (Wildman–Crippen LogP) is 9.65. The van der Waals surface area contributed by atoms with Crippen LogP contribution in [0.5, 0.6) is 0 Å². The van der Waals surface area contributed by atoms with Crippen LogP contribution in [0.3, 0.4) is 0 Å². The average Bonchev–Trinajstić information content (AvgIpc) is 3.05. The summed E-state index contributed by atoms with van der Waals surface area (Å²) in [6.07, 6.45) is 0. The zero-order valence-corrected chi connectivity index (χ0v) is 30.2. The molecule has 0 saturated carbocycles. The molecule has 6 aromatic carbocycles. The lowest BCUT2D eigenvalue weighted by Crippen LogP contribution is -2.29. The normalized spacial score (nSPS) is 11.6. The van der Waals surface area contributed by atoms with E-state index in [-0.39, 0.29) is 5.92 Å². The summed E-state index contributed by atoms with van der Waals surface area (Å²) in [5, 5.41) is 15.3. The molecule has 0 spiro atoms. The smallest absolute Gasteiger partial charge is 0.141 e. The molecule has 6 rings (SSSR count). The van der Waals surface area contributed by atoms with Gasteiger partial charge in [0, 0.05) is 58.2 Å². The highest BCUT2D eigenvalue weighted by Crippen LogP contribution is 2.45. The molecule has 0 aliphatic heterocycles. The van der Waals surface area contributed by atoms with Gasteiger partial charge in [-0.05, 0) is 132 Å². The van der Waals surface area contributed by atoms with Crippen molar-refractivity contribution in [2.24, 2.45) is 0 Å². The molecule has 3 nitrogen and oxygen atoms in total. The van der Waals surface area contributed by atoms with Crippen LogP contribution >= 0.6 is 45.2 Å². The number of fused-ring (bicyclic) bond motifs is 1. The van der Waals surface area contributed by atoms with Gasteiger partial charge in [-0.2, -0.15) is 0 Å². The molecule has 0 aromatic heterocycles. The van der Waals surface area contributed by atoms with Crippen molar-refractivity contribution in [3.05, 3.63) is 174 Å². The molecule has 0 aliphatic rings. The van der Waals surface area contributed by atoms with Gasteiger partial charge in [0.15, 0.2) is 0 Å². The molecule has 1 N–H and O–H groups in total. The summed E-state index contributed by atoms with van der Waals surface area (Å²) in [6.45, 7) is 0. The number of hydrogen-bond donors (Lipinski definition) is 1. The van der Waals surface area contributed by atoms with Crippen molar-refractivity contribution in [2.45, 2.75) is 11.5 Å². The second-order valence-electron chi connectivity index (χ2n) is 11.9. The third-order valence-electron chi connectivity index (χ3n) is 8.65. The topological polar surface area (TPSA) is 26.7 Å². The molecule has 0 heterocycles. The second kappa shape index (κ2) is 13.1. The van der Waals surface area contributed by atoms with E-state index in [0.717, 1.165) is 51.5 Å². The third-order valence-corrected chi connectivity index (χ3v) is 10.1. The second-order valence-corrected chi connectivity index (χ2v) is 14.4. The lowest BCUT2D eigenvalue weighted by Gasteiger charge is -2.33. The summed E-state index contributed by atoms with van der Waals surface area (Å²) >= 11 is 4.65. The summed E-state index contributed by atoms with van der Waals surface area (Å²) in [4.78, 5) is 4.26. The number of anilines is 2. The molecule has 45 heavy (non-hydrogen) atoms. The van der Waals surface area contributed by atoms with Crippen LogP contribution in [0.15, 0.2) is 133 Å². The monoisotopic (exact) mass is 814 g/mol. The van der Waals surface area contributed by atoms with Crippen LogP contribution in [0.4, 0.5) is 11.4 Å². The molecule has 0 atom stereocenters. The molecule has 0 amide bonds. The molecule has 226 valence electrons. The number of halogens is 2. The zero-order chi connectivity index (χ0) is 31.7. The minimum Gasteiger partial charge on any atom is -0.378 e. The van der Waals surface area contributed by atoms with E-state index in [1.54, 1.807) is 0 Å². The minimum atomic E-state index is -1.38. The summed E-state index contributed by atoms with van der Waals surface area (Å²) < 4.78 is 2.25. The molecule has 0 aliphatic carbocycles. The number of nitrogens with zero attached hydrogens (tertiary/aromatic N) is 2. The van der Waals surface area contributed by atoms with Gasteiger partial charge in [0.1, 0.15) is 5.60 Å². The van der Waals surface area contributed by atoms with Gasteiger partial charge in [-0.3, -0.25) is 0 Å². The Labute approximate surface area is 293 Å². The first-order chi connectivity index (χ1) is 21.7. The van der Waals surface area contributed by atoms with Crippen LogP contribution in [0.1, 0.15) is 39.3 Å². The maximum absolute atomic E-state index is 13.1. The number of hydrogen-bond acceptors (Lipinski definition) is 3. The Morgan fingerprint density at radius 1 is 0.533 bits per heavy atom. The SMILES string of the molecule is CN(C)c1ccc(C(c2ccc(N(C)C)cc2)c2cccc3cccc(C(O)(c4ccc(I)cc4)c4ccc(I)cc4)c23)cc1. The van der Waals surface area contributed by atoms with Gasteiger partial charge in [0.05, 0.1) is 0 Å². The quantitative estimate of drug-likeness (QED) is 0.123. The third kappa shape index (κ3) is 6.22. The van der Waals surface area contributed by atoms with E-state index in [1.165, 1.54) is 11.1 Å². The molecular weight excluding hydrogens is 778 g/mol. The molecule has 0 bridgehead atoms. The first-order valence-corrected chi connectivity index (χ1v) is 17.1. The molecule has 6 aromatic rings. The summed E-state index contributed by atoms with van der Waals surface area (Å²) in [5.74, 6) is -0.0556. The number of aliphatic hydroxyl groups is 1. The highest BCUT2D eigenvalue weighted by Gasteiger charge is 2.36. The van der Waals surface area contributed by atoms with Gasteiger partial charge in [-0.15, -0.1) is 0 Å². The molecule has 0 fully saturated rings. The molecule has 0 unspecified atom stereocenters. The van der Waals surface area contributed by atoms with Gasteiger partial charge >= 0.3 is 0 Å². The van der Waals surface area contributed by atoms with Crippen LogP contribution in [-0.4, -0.2) is 33.3 Å². The van der Waals surface area contributed by atoms with Gasteiger partial charge in [0.25, 0.3) is 0 Å². The summed E-state index contributed by atoms with van der Waals surface area (Å²) in [7, 11) is 8.28. The van der Waals surface area contributed by atoms with E-state index in [9.17, 15) is 5.11 Å². The largest absolute Gasteiger partial charge is 0.378 e. The van der Waals surface area contributed by atoms with Crippen molar-refractivity contribution in [3.63, 3.8) is 0 Å². The Bertz CT molecular complexity index is 1810. The fourth-order valence-corrected chi connectivity index (χ4v) is 6.97. The van der Waals surface area contributed by atoms with Gasteiger partial charge < -0.3 is 14.9 Å². The van der Waals surface area contributed by atoms with Gasteiger partial charge in [-0.25, -0.2) is 0 Å². The van der Waals surface area contributed by atoms with E-state index in [1.807, 2.05) is 0 Å². The Morgan fingerprint density at radius 2 is 0.956 bits per heavy atom. The summed E-state index contributed by atoms with van der Waals surface area (Å²) in [5.41, 5.74) is 7.06. The summed E-state index contributed by atoms with van der Waals surface area (Å²) in [6, 6.07) is 47.1. The van der Waals surface area contributed by atoms with Crippen molar-refractivity contribution in [1.82, 2.24) is 0 Å². The van der Waals surface area contributed by atoms with E-state index >= 15 is 0 Å². The van der Waals surface area contributed by atoms with E-state index in [0.29, 0.717) is 0 Å². The van der Waals surface area contributed by atoms with Crippen LogP contribution in [0, 0.1) is 7.14 Å². The highest BCUT2D eigenvalue weighted by atomic mass is 127. The fraction of sp³-hybridized carbons (Fsp3) is 0.150. The number of rotatable bonds is 8. The van der Waals surface area contributed by atoms with Gasteiger partial charge in [0.2, 0.25) is 0 Å². The maximum atomic E-state index is 13.1. The van der Waals surface area contributed by atoms with Gasteiger partial charge in [-0.1, -0.05) is 84.9 Å². The Hall–Kier alpha value is -3.40. The standard InChI is InChI=1S/C40H36I2N2O/c1-43(2)34-23-11-28(12-24-34)38(29-13-25-35(26-14-29)44(3)4)36-9-5-7-27-8-6-10-37(39(27)36)40(45,30-15-19-32(41)20-16-30)31-17-21-33(42)22-18-31/h5-26,38,45H,1-4H3. The van der Waals surface area contributed by atoms with Crippen molar-refractivity contribution >= 4 is 67.3 Å². The lowest BCUT2D eigenvalue weighted by atomic mass is 9.75. The van der Waals surface area contributed by atoms with Crippen molar-refractivity contribution in [2.75, 3.05) is 38.0 Å². The predicted molar refractivity (Wildman–Crippen MR) is 207 cm³/mol. The highest BCUT2D eigenvalue weighted by molar-refractivity contribution is 14.1. The Kier molecular flexibility index (Phi) is 9.22. The Balaban J connectivity index is 1.66. The van der Waals surface area contributed by atoms with E-state index in [4.69, 9.17) is 0 Å². The van der Waals surface area contributed by atoms with Crippen molar-refractivity contribution < 1.29 is 5.11 Å². The van der Waals surface area contributed by atoms with E-state index < -0.39 is 5.60 Å². The first-order valence-electron chi connectivity index (χ1n) is 15.0. The number of benzene rings is 6. The van der Waals surface area contributed by atoms with Crippen LogP contribution in [0.25, 0.3) is 10.8 Å². The first kappa shape index (κ1) is 31.6. The van der Waals surface area contributed by atoms with Crippen molar-refractivity contribution in [1.29, 1.82) is 0 Å². The van der Waals surface area contributed by atoms with Crippen molar-refractivity contribution in [3.8, 4) is 0 Å². The average molecular weight is 815 g/mol. The molecule has 0 saturated heterocycles. The van der Waals surface area contributed by atoms with Crippen LogP contribution in [-0.2, 0) is 5.60 Å². The Morgan fingerprint density at radius 3 is 1.38 bits per heavy atom. The molecule has 5 heteroatoms. The lowest BCUT2D eigenvalue weighted by molar-refractivity contribution is 0.127. The maximum Gasteiger partial charge on any atom is 0.141 e. The van der Waals surface area contributed by atoms with Crippen LogP contribution < -0.4 is 9.80 Å². The van der Waals surface area contributed by atoms with E-state index in [2.05, 4.69) is 217 Å². The molecular formula is C40H36I2N2O. The minimum absolute atomic E-state index is 0.0556. The zero-order valence-electron chi connectivity index (χ0n) is 25.9.